The molecule has 0 aliphatic heterocycles. The van der Waals surface area contributed by atoms with Crippen LogP contribution in [-0.2, 0) is 0 Å². The molecule has 162 valence electrons. The molecule has 0 spiro atoms. The van der Waals surface area contributed by atoms with Crippen LogP contribution in [0.25, 0.3) is 22.5 Å². The summed E-state index contributed by atoms with van der Waals surface area (Å²) in [4.78, 5) is 31.3. The number of para-hydroxylation sites is 1. The van der Waals surface area contributed by atoms with Gasteiger partial charge in [0.25, 0.3) is 11.6 Å². The Labute approximate surface area is 181 Å². The molecule has 0 saturated heterocycles. The smallest absolute Gasteiger partial charge is 0.278 e. The van der Waals surface area contributed by atoms with Crippen LogP contribution in [0.2, 0.25) is 0 Å². The Morgan fingerprint density at radius 3 is 2.35 bits per heavy atom. The van der Waals surface area contributed by atoms with Gasteiger partial charge < -0.3 is 20.1 Å². The summed E-state index contributed by atoms with van der Waals surface area (Å²) < 4.78 is 0. The van der Waals surface area contributed by atoms with Gasteiger partial charge in [-0.1, -0.05) is 24.3 Å². The zero-order chi connectivity index (χ0) is 22.5. The summed E-state index contributed by atoms with van der Waals surface area (Å²) in [6.45, 7) is 1.16. The minimum Gasteiger partial charge on any atom is -0.378 e. The van der Waals surface area contributed by atoms with Gasteiger partial charge in [0.1, 0.15) is 0 Å². The summed E-state index contributed by atoms with van der Waals surface area (Å²) in [5, 5.41) is 14.5. The Morgan fingerprint density at radius 2 is 1.74 bits per heavy atom. The second-order valence-corrected chi connectivity index (χ2v) is 7.75. The Bertz CT molecular complexity index is 1070. The van der Waals surface area contributed by atoms with E-state index in [0.717, 1.165) is 16.9 Å². The van der Waals surface area contributed by atoms with Crippen LogP contribution in [-0.4, -0.2) is 62.0 Å². The highest BCUT2D eigenvalue weighted by Crippen LogP contribution is 2.34. The van der Waals surface area contributed by atoms with E-state index in [-0.39, 0.29) is 11.6 Å². The monoisotopic (exact) mass is 421 g/mol. The molecule has 2 aromatic carbocycles. The number of nitrogens with zero attached hydrogens (tertiary/aromatic N) is 3. The van der Waals surface area contributed by atoms with Crippen LogP contribution >= 0.6 is 0 Å². The summed E-state index contributed by atoms with van der Waals surface area (Å²) in [7, 11) is 7.78. The van der Waals surface area contributed by atoms with Crippen molar-refractivity contribution in [3.05, 3.63) is 70.3 Å². The molecule has 0 aliphatic rings. The first kappa shape index (κ1) is 22.0. The highest BCUT2D eigenvalue weighted by Gasteiger charge is 2.23. The number of aromatic amines is 1. The summed E-state index contributed by atoms with van der Waals surface area (Å²) in [5.74, 6) is -0.276. The van der Waals surface area contributed by atoms with E-state index in [1.807, 2.05) is 62.3 Å². The molecule has 0 saturated carbocycles. The molecule has 0 atom stereocenters. The second kappa shape index (κ2) is 9.44. The van der Waals surface area contributed by atoms with Gasteiger partial charge >= 0.3 is 0 Å². The number of nitrogens with one attached hydrogen (secondary N) is 2. The van der Waals surface area contributed by atoms with Gasteiger partial charge in [-0.3, -0.25) is 14.9 Å². The molecule has 0 bridgehead atoms. The number of aromatic nitrogens is 1. The third-order valence-electron chi connectivity index (χ3n) is 4.97. The summed E-state index contributed by atoms with van der Waals surface area (Å²) in [6.07, 6.45) is 0. The normalized spacial score (nSPS) is 10.9. The number of carbonyl (C=O) groups excluding carboxylic acids is 1. The molecule has 1 aromatic heterocycles. The highest BCUT2D eigenvalue weighted by molar-refractivity contribution is 6.02. The molecule has 0 unspecified atom stereocenters. The summed E-state index contributed by atoms with van der Waals surface area (Å²) >= 11 is 0. The van der Waals surface area contributed by atoms with E-state index in [2.05, 4.69) is 10.3 Å². The number of nitro benzene ring substituents is 1. The molecule has 0 fully saturated rings. The van der Waals surface area contributed by atoms with Gasteiger partial charge in [0.05, 0.1) is 21.7 Å². The predicted octanol–water partition coefficient (Wildman–Crippen LogP) is 3.61. The first-order valence-electron chi connectivity index (χ1n) is 9.95. The number of hydrogen-bond acceptors (Lipinski definition) is 5. The number of anilines is 1. The summed E-state index contributed by atoms with van der Waals surface area (Å²) in [5.41, 5.74) is 3.79. The van der Waals surface area contributed by atoms with Crippen molar-refractivity contribution >= 4 is 17.3 Å². The van der Waals surface area contributed by atoms with Gasteiger partial charge in [-0.2, -0.15) is 0 Å². The predicted molar refractivity (Wildman–Crippen MR) is 124 cm³/mol. The van der Waals surface area contributed by atoms with Gasteiger partial charge in [0.15, 0.2) is 0 Å². The van der Waals surface area contributed by atoms with Crippen molar-refractivity contribution in [3.63, 3.8) is 0 Å². The number of rotatable bonds is 8. The Hall–Kier alpha value is -3.65. The first-order chi connectivity index (χ1) is 14.8. The molecular weight excluding hydrogens is 394 g/mol. The van der Waals surface area contributed by atoms with Crippen LogP contribution in [0.15, 0.2) is 54.6 Å². The fraction of sp³-hybridized carbons (Fsp3) is 0.261. The average Bonchev–Trinajstić information content (AvgIpc) is 3.19. The third kappa shape index (κ3) is 5.10. The zero-order valence-corrected chi connectivity index (χ0v) is 18.2. The van der Waals surface area contributed by atoms with Crippen LogP contribution < -0.4 is 10.2 Å². The topological polar surface area (TPSA) is 94.5 Å². The maximum Gasteiger partial charge on any atom is 0.278 e. The van der Waals surface area contributed by atoms with Gasteiger partial charge in [-0.05, 0) is 43.9 Å². The fourth-order valence-electron chi connectivity index (χ4n) is 3.27. The van der Waals surface area contributed by atoms with E-state index in [4.69, 9.17) is 0 Å². The molecule has 3 rings (SSSR count). The van der Waals surface area contributed by atoms with Crippen molar-refractivity contribution in [2.45, 2.75) is 0 Å². The quantitative estimate of drug-likeness (QED) is 0.428. The molecule has 0 radical (unpaired) electrons. The third-order valence-corrected chi connectivity index (χ3v) is 4.97. The van der Waals surface area contributed by atoms with Crippen LogP contribution in [0.4, 0.5) is 11.4 Å². The van der Waals surface area contributed by atoms with Gasteiger partial charge in [0, 0.05) is 44.6 Å². The fourth-order valence-corrected chi connectivity index (χ4v) is 3.27. The van der Waals surface area contributed by atoms with Crippen LogP contribution in [0.3, 0.4) is 0 Å². The van der Waals surface area contributed by atoms with Crippen molar-refractivity contribution in [2.24, 2.45) is 0 Å². The SMILES string of the molecule is CN(C)CCNC(=O)c1cc(-c2ccc(N(C)C)cc2)[nH]c1-c1ccccc1[N+](=O)[O-]. The maximum atomic E-state index is 13.0. The molecule has 8 heteroatoms. The van der Waals surface area contributed by atoms with Crippen molar-refractivity contribution < 1.29 is 9.72 Å². The lowest BCUT2D eigenvalue weighted by molar-refractivity contribution is -0.384. The van der Waals surface area contributed by atoms with Crippen LogP contribution in [0.1, 0.15) is 10.4 Å². The largest absolute Gasteiger partial charge is 0.378 e. The number of nitro groups is 1. The first-order valence-corrected chi connectivity index (χ1v) is 9.95. The molecule has 31 heavy (non-hydrogen) atoms. The molecular formula is C23H27N5O3. The minimum atomic E-state index is -0.435. The number of carbonyl (C=O) groups is 1. The van der Waals surface area contributed by atoms with Gasteiger partial charge in [0.2, 0.25) is 0 Å². The number of amides is 1. The molecule has 8 nitrogen and oxygen atoms in total. The van der Waals surface area contributed by atoms with Crippen molar-refractivity contribution in [2.75, 3.05) is 46.2 Å². The zero-order valence-electron chi connectivity index (χ0n) is 18.2. The lowest BCUT2D eigenvalue weighted by Crippen LogP contribution is -2.31. The number of H-pyrrole nitrogens is 1. The molecule has 1 amide bonds. The second-order valence-electron chi connectivity index (χ2n) is 7.75. The number of hydrogen-bond donors (Lipinski definition) is 2. The Morgan fingerprint density at radius 1 is 1.06 bits per heavy atom. The van der Waals surface area contributed by atoms with E-state index in [0.29, 0.717) is 29.9 Å². The Balaban J connectivity index is 2.05. The number of benzene rings is 2. The van der Waals surface area contributed by atoms with E-state index < -0.39 is 4.92 Å². The van der Waals surface area contributed by atoms with Gasteiger partial charge in [-0.15, -0.1) is 0 Å². The summed E-state index contributed by atoms with van der Waals surface area (Å²) in [6, 6.07) is 16.1. The van der Waals surface area contributed by atoms with E-state index >= 15 is 0 Å². The maximum absolute atomic E-state index is 13.0. The Kier molecular flexibility index (Phi) is 6.71. The van der Waals surface area contributed by atoms with Gasteiger partial charge in [-0.25, -0.2) is 0 Å². The molecule has 0 aliphatic carbocycles. The van der Waals surface area contributed by atoms with E-state index in [1.54, 1.807) is 24.3 Å². The highest BCUT2D eigenvalue weighted by atomic mass is 16.6. The van der Waals surface area contributed by atoms with E-state index in [9.17, 15) is 14.9 Å². The van der Waals surface area contributed by atoms with E-state index in [1.165, 1.54) is 6.07 Å². The molecule has 1 heterocycles. The minimum absolute atomic E-state index is 0.0544. The van der Waals surface area contributed by atoms with Crippen molar-refractivity contribution in [3.8, 4) is 22.5 Å². The molecule has 3 aromatic rings. The lowest BCUT2D eigenvalue weighted by Gasteiger charge is -2.12. The lowest BCUT2D eigenvalue weighted by atomic mass is 10.1. The standard InChI is InChI=1S/C23H27N5O3/c1-26(2)14-13-24-23(29)19-15-20(16-9-11-17(12-10-16)27(3)4)25-22(19)18-7-5-6-8-21(18)28(30)31/h5-12,15,25H,13-14H2,1-4H3,(H,24,29). The number of likely N-dealkylation sites (N-methyl/N-ethyl adjacent to an activating group) is 1. The van der Waals surface area contributed by atoms with Crippen molar-refractivity contribution in [1.82, 2.24) is 15.2 Å². The van der Waals surface area contributed by atoms with Crippen LogP contribution in [0, 0.1) is 10.1 Å². The van der Waals surface area contributed by atoms with Crippen molar-refractivity contribution in [1.29, 1.82) is 0 Å². The molecule has 2 N–H and O–H groups in total. The van der Waals surface area contributed by atoms with Crippen LogP contribution in [0.5, 0.6) is 0 Å². The average molecular weight is 422 g/mol.